The van der Waals surface area contributed by atoms with Crippen LogP contribution < -0.4 is 15.0 Å². The number of aromatic amines is 1. The SMILES string of the molecule is CC(=NCc1ccc2c(c1)OCO2)c1c(C)[nH]n(-c2ccc([N+](=O)[O-])cc2)c1=O. The Morgan fingerprint density at radius 1 is 1.21 bits per heavy atom. The number of non-ortho nitro benzene ring substituents is 1. The van der Waals surface area contributed by atoms with Crippen LogP contribution in [0.5, 0.6) is 11.5 Å². The van der Waals surface area contributed by atoms with Crippen LogP contribution >= 0.6 is 0 Å². The topological polar surface area (TPSA) is 112 Å². The lowest BCUT2D eigenvalue weighted by Crippen LogP contribution is -2.19. The number of aliphatic imine (C=N–C) groups is 1. The van der Waals surface area contributed by atoms with Gasteiger partial charge in [-0.25, -0.2) is 4.68 Å². The molecule has 0 amide bonds. The van der Waals surface area contributed by atoms with Crippen LogP contribution in [-0.2, 0) is 6.54 Å². The number of aryl methyl sites for hydroxylation is 1. The Morgan fingerprint density at radius 2 is 1.93 bits per heavy atom. The summed E-state index contributed by atoms with van der Waals surface area (Å²) in [4.78, 5) is 27.8. The monoisotopic (exact) mass is 394 g/mol. The zero-order valence-corrected chi connectivity index (χ0v) is 15.8. The smallest absolute Gasteiger partial charge is 0.280 e. The second-order valence-electron chi connectivity index (χ2n) is 6.62. The third-order valence-electron chi connectivity index (χ3n) is 4.69. The van der Waals surface area contributed by atoms with Crippen LogP contribution in [0.4, 0.5) is 5.69 Å². The van der Waals surface area contributed by atoms with Gasteiger partial charge < -0.3 is 9.47 Å². The maximum atomic E-state index is 12.9. The van der Waals surface area contributed by atoms with Crippen molar-refractivity contribution in [3.63, 3.8) is 0 Å². The quantitative estimate of drug-likeness (QED) is 0.406. The van der Waals surface area contributed by atoms with Gasteiger partial charge in [0.1, 0.15) is 0 Å². The number of nitrogens with one attached hydrogen (secondary N) is 1. The number of ether oxygens (including phenoxy) is 2. The molecule has 2 heterocycles. The highest BCUT2D eigenvalue weighted by molar-refractivity contribution is 5.99. The summed E-state index contributed by atoms with van der Waals surface area (Å²) >= 11 is 0. The molecular weight excluding hydrogens is 376 g/mol. The van der Waals surface area contributed by atoms with Gasteiger partial charge in [-0.1, -0.05) is 6.07 Å². The molecule has 0 radical (unpaired) electrons. The average molecular weight is 394 g/mol. The summed E-state index contributed by atoms with van der Waals surface area (Å²) < 4.78 is 12.0. The normalized spacial score (nSPS) is 13.0. The number of hydrogen-bond acceptors (Lipinski definition) is 6. The van der Waals surface area contributed by atoms with Gasteiger partial charge in [-0.2, -0.15) is 0 Å². The van der Waals surface area contributed by atoms with Crippen molar-refractivity contribution in [1.29, 1.82) is 0 Å². The van der Waals surface area contributed by atoms with Crippen molar-refractivity contribution in [3.05, 3.63) is 79.8 Å². The first kappa shape index (κ1) is 18.5. The fourth-order valence-electron chi connectivity index (χ4n) is 3.21. The van der Waals surface area contributed by atoms with Gasteiger partial charge >= 0.3 is 0 Å². The Balaban J connectivity index is 1.60. The van der Waals surface area contributed by atoms with Gasteiger partial charge in [0.05, 0.1) is 22.7 Å². The zero-order chi connectivity index (χ0) is 20.5. The van der Waals surface area contributed by atoms with E-state index in [1.807, 2.05) is 18.2 Å². The number of fused-ring (bicyclic) bond motifs is 1. The predicted molar refractivity (Wildman–Crippen MR) is 106 cm³/mol. The molecule has 1 aromatic heterocycles. The third-order valence-corrected chi connectivity index (χ3v) is 4.69. The molecule has 0 fully saturated rings. The molecule has 0 unspecified atom stereocenters. The molecule has 0 saturated heterocycles. The Hall–Kier alpha value is -3.88. The summed E-state index contributed by atoms with van der Waals surface area (Å²) in [5.41, 5.74) is 2.90. The fraction of sp³-hybridized carbons (Fsp3) is 0.200. The van der Waals surface area contributed by atoms with Crippen molar-refractivity contribution in [2.75, 3.05) is 6.79 Å². The van der Waals surface area contributed by atoms with Gasteiger partial charge in [-0.15, -0.1) is 0 Å². The summed E-state index contributed by atoms with van der Waals surface area (Å²) in [6.45, 7) is 4.18. The molecule has 3 aromatic rings. The van der Waals surface area contributed by atoms with Crippen molar-refractivity contribution >= 4 is 11.4 Å². The van der Waals surface area contributed by atoms with Crippen LogP contribution in [0.1, 0.15) is 23.7 Å². The van der Waals surface area contributed by atoms with E-state index in [9.17, 15) is 14.9 Å². The van der Waals surface area contributed by atoms with E-state index < -0.39 is 4.92 Å². The summed E-state index contributed by atoms with van der Waals surface area (Å²) in [6.07, 6.45) is 0. The third kappa shape index (κ3) is 3.49. The molecule has 0 atom stereocenters. The van der Waals surface area contributed by atoms with Gasteiger partial charge in [0, 0.05) is 23.5 Å². The molecule has 9 heteroatoms. The molecule has 1 aliphatic heterocycles. The van der Waals surface area contributed by atoms with Gasteiger partial charge in [0.15, 0.2) is 11.5 Å². The van der Waals surface area contributed by atoms with Crippen LogP contribution in [0.25, 0.3) is 5.69 Å². The van der Waals surface area contributed by atoms with Gasteiger partial charge in [0.25, 0.3) is 11.2 Å². The molecule has 0 bridgehead atoms. The lowest BCUT2D eigenvalue weighted by Gasteiger charge is -2.02. The second-order valence-corrected chi connectivity index (χ2v) is 6.62. The molecule has 0 saturated carbocycles. The van der Waals surface area contributed by atoms with E-state index in [2.05, 4.69) is 10.1 Å². The number of rotatable bonds is 5. The lowest BCUT2D eigenvalue weighted by molar-refractivity contribution is -0.384. The minimum absolute atomic E-state index is 0.0354. The van der Waals surface area contributed by atoms with E-state index in [0.29, 0.717) is 40.7 Å². The van der Waals surface area contributed by atoms with Gasteiger partial charge in [-0.3, -0.25) is 25.0 Å². The predicted octanol–water partition coefficient (Wildman–Crippen LogP) is 3.12. The highest BCUT2D eigenvalue weighted by atomic mass is 16.7. The molecule has 9 nitrogen and oxygen atoms in total. The summed E-state index contributed by atoms with van der Waals surface area (Å²) in [6, 6.07) is 11.4. The molecule has 29 heavy (non-hydrogen) atoms. The number of nitrogens with zero attached hydrogens (tertiary/aromatic N) is 3. The van der Waals surface area contributed by atoms with Crippen LogP contribution in [0.3, 0.4) is 0 Å². The van der Waals surface area contributed by atoms with Crippen molar-refractivity contribution in [3.8, 4) is 17.2 Å². The Bertz CT molecular complexity index is 1170. The largest absolute Gasteiger partial charge is 0.454 e. The molecule has 4 rings (SSSR count). The maximum absolute atomic E-state index is 12.9. The van der Waals surface area contributed by atoms with E-state index >= 15 is 0 Å². The number of aromatic nitrogens is 2. The van der Waals surface area contributed by atoms with Crippen molar-refractivity contribution in [2.45, 2.75) is 20.4 Å². The Labute approximate surface area is 165 Å². The van der Waals surface area contributed by atoms with E-state index in [-0.39, 0.29) is 18.0 Å². The minimum Gasteiger partial charge on any atom is -0.454 e. The molecule has 148 valence electrons. The number of hydrogen-bond donors (Lipinski definition) is 1. The second kappa shape index (κ2) is 7.27. The first-order valence-electron chi connectivity index (χ1n) is 8.90. The number of nitro groups is 1. The van der Waals surface area contributed by atoms with Crippen LogP contribution in [-0.4, -0.2) is 27.2 Å². The van der Waals surface area contributed by atoms with Crippen LogP contribution in [0.2, 0.25) is 0 Å². The Morgan fingerprint density at radius 3 is 2.66 bits per heavy atom. The fourth-order valence-corrected chi connectivity index (χ4v) is 3.21. The number of H-pyrrole nitrogens is 1. The maximum Gasteiger partial charge on any atom is 0.280 e. The minimum atomic E-state index is -0.481. The van der Waals surface area contributed by atoms with E-state index in [1.165, 1.54) is 28.9 Å². The molecule has 1 aliphatic rings. The first-order valence-corrected chi connectivity index (χ1v) is 8.90. The van der Waals surface area contributed by atoms with Crippen molar-refractivity contribution in [1.82, 2.24) is 9.78 Å². The van der Waals surface area contributed by atoms with Crippen LogP contribution in [0.15, 0.2) is 52.3 Å². The highest BCUT2D eigenvalue weighted by Gasteiger charge is 2.16. The number of benzene rings is 2. The zero-order valence-electron chi connectivity index (χ0n) is 15.8. The summed E-state index contributed by atoms with van der Waals surface area (Å²) in [7, 11) is 0. The van der Waals surface area contributed by atoms with Gasteiger partial charge in [-0.05, 0) is 43.7 Å². The average Bonchev–Trinajstić information content (AvgIpc) is 3.29. The molecule has 2 aromatic carbocycles. The summed E-state index contributed by atoms with van der Waals surface area (Å²) in [5, 5.41) is 13.8. The van der Waals surface area contributed by atoms with Crippen molar-refractivity contribution < 1.29 is 14.4 Å². The molecule has 0 aliphatic carbocycles. The molecule has 0 spiro atoms. The van der Waals surface area contributed by atoms with E-state index in [0.717, 1.165) is 5.56 Å². The Kier molecular flexibility index (Phi) is 4.63. The highest BCUT2D eigenvalue weighted by Crippen LogP contribution is 2.32. The van der Waals surface area contributed by atoms with Crippen LogP contribution in [0, 0.1) is 17.0 Å². The van der Waals surface area contributed by atoms with E-state index in [4.69, 9.17) is 9.47 Å². The van der Waals surface area contributed by atoms with Crippen molar-refractivity contribution in [2.24, 2.45) is 4.99 Å². The molecular formula is C20H18N4O5. The summed E-state index contributed by atoms with van der Waals surface area (Å²) in [5.74, 6) is 1.40. The lowest BCUT2D eigenvalue weighted by atomic mass is 10.1. The first-order chi connectivity index (χ1) is 13.9. The van der Waals surface area contributed by atoms with E-state index in [1.54, 1.807) is 13.8 Å². The van der Waals surface area contributed by atoms with Gasteiger partial charge in [0.2, 0.25) is 6.79 Å². The number of nitro benzene ring substituents is 1. The standard InChI is InChI=1S/C20H18N4O5/c1-12(21-10-14-3-8-17-18(9-14)29-11-28-17)19-13(2)22-23(20(19)25)15-4-6-16(7-5-15)24(26)27/h3-9,22H,10-11H2,1-2H3. The molecule has 1 N–H and O–H groups in total.